The molecule has 19 heavy (non-hydrogen) atoms. The Kier molecular flexibility index (Phi) is 4.20. The molecule has 5 nitrogen and oxygen atoms in total. The minimum absolute atomic E-state index is 0.269. The zero-order valence-electron chi connectivity index (χ0n) is 10.3. The van der Waals surface area contributed by atoms with Gasteiger partial charge in [-0.1, -0.05) is 15.9 Å². The van der Waals surface area contributed by atoms with Crippen LogP contribution < -0.4 is 11.1 Å². The van der Waals surface area contributed by atoms with Crippen LogP contribution in [0.15, 0.2) is 22.7 Å². The first kappa shape index (κ1) is 14.0. The molecule has 0 unspecified atom stereocenters. The molecule has 1 aromatic rings. The van der Waals surface area contributed by atoms with Crippen molar-refractivity contribution in [3.63, 3.8) is 0 Å². The number of nitrogens with two attached hydrogens (primary N) is 1. The summed E-state index contributed by atoms with van der Waals surface area (Å²) in [5.41, 5.74) is 6.05. The smallest absolute Gasteiger partial charge is 0.244 e. The Labute approximate surface area is 119 Å². The first-order chi connectivity index (χ1) is 9.05. The Balaban J connectivity index is 2.17. The fourth-order valence-electron chi connectivity index (χ4n) is 1.93. The number of nitriles is 1. The average molecular weight is 324 g/mol. The number of hydrogen-bond acceptors (Lipinski definition) is 4. The van der Waals surface area contributed by atoms with Crippen molar-refractivity contribution in [2.75, 3.05) is 18.5 Å². The maximum atomic E-state index is 12.2. The van der Waals surface area contributed by atoms with Gasteiger partial charge in [-0.3, -0.25) is 4.79 Å². The largest absolute Gasteiger partial charge is 0.381 e. The van der Waals surface area contributed by atoms with Crippen LogP contribution >= 0.6 is 15.9 Å². The lowest BCUT2D eigenvalue weighted by Crippen LogP contribution is -2.54. The van der Waals surface area contributed by atoms with Gasteiger partial charge in [-0.15, -0.1) is 0 Å². The topological polar surface area (TPSA) is 88.1 Å². The molecule has 1 fully saturated rings. The number of hydrogen-bond donors (Lipinski definition) is 2. The number of carbonyl (C=O) groups is 1. The van der Waals surface area contributed by atoms with Crippen molar-refractivity contribution in [1.82, 2.24) is 0 Å². The molecule has 1 aliphatic rings. The van der Waals surface area contributed by atoms with Gasteiger partial charge in [-0.05, 0) is 31.0 Å². The van der Waals surface area contributed by atoms with Crippen LogP contribution in [0.3, 0.4) is 0 Å². The summed E-state index contributed by atoms with van der Waals surface area (Å²) in [4.78, 5) is 12.2. The average Bonchev–Trinajstić information content (AvgIpc) is 2.41. The monoisotopic (exact) mass is 323 g/mol. The van der Waals surface area contributed by atoms with Crippen LogP contribution in [0.2, 0.25) is 0 Å². The molecule has 0 aliphatic carbocycles. The van der Waals surface area contributed by atoms with Crippen molar-refractivity contribution in [3.05, 3.63) is 28.2 Å². The van der Waals surface area contributed by atoms with Crippen molar-refractivity contribution < 1.29 is 9.53 Å². The summed E-state index contributed by atoms with van der Waals surface area (Å²) >= 11 is 3.29. The molecule has 1 saturated heterocycles. The van der Waals surface area contributed by atoms with Crippen LogP contribution in [-0.4, -0.2) is 24.7 Å². The van der Waals surface area contributed by atoms with Crippen LogP contribution in [0.1, 0.15) is 18.4 Å². The number of ether oxygens (including phenoxy) is 1. The molecule has 3 N–H and O–H groups in total. The second-order valence-corrected chi connectivity index (χ2v) is 5.44. The van der Waals surface area contributed by atoms with Gasteiger partial charge in [0.15, 0.2) is 0 Å². The lowest BCUT2D eigenvalue weighted by molar-refractivity contribution is -0.124. The van der Waals surface area contributed by atoms with E-state index >= 15 is 0 Å². The van der Waals surface area contributed by atoms with Gasteiger partial charge in [0.05, 0.1) is 11.3 Å². The molecule has 0 spiro atoms. The minimum Gasteiger partial charge on any atom is -0.381 e. The van der Waals surface area contributed by atoms with E-state index in [9.17, 15) is 4.79 Å². The third-order valence-electron chi connectivity index (χ3n) is 3.19. The number of nitrogens with one attached hydrogen (secondary N) is 1. The van der Waals surface area contributed by atoms with E-state index in [-0.39, 0.29) is 5.91 Å². The summed E-state index contributed by atoms with van der Waals surface area (Å²) in [6, 6.07) is 7.15. The Morgan fingerprint density at radius 2 is 2.16 bits per heavy atom. The van der Waals surface area contributed by atoms with Crippen molar-refractivity contribution >= 4 is 27.5 Å². The third kappa shape index (κ3) is 3.13. The molecule has 1 aromatic carbocycles. The fourth-order valence-corrected chi connectivity index (χ4v) is 2.29. The second-order valence-electron chi connectivity index (χ2n) is 4.52. The van der Waals surface area contributed by atoms with Gasteiger partial charge in [0.1, 0.15) is 11.6 Å². The second kappa shape index (κ2) is 5.70. The highest BCUT2D eigenvalue weighted by Crippen LogP contribution is 2.24. The van der Waals surface area contributed by atoms with E-state index in [4.69, 9.17) is 15.7 Å². The molecular weight excluding hydrogens is 310 g/mol. The predicted molar refractivity (Wildman–Crippen MR) is 74.5 cm³/mol. The molecule has 0 aromatic heterocycles. The molecule has 6 heteroatoms. The first-order valence-electron chi connectivity index (χ1n) is 5.93. The standard InChI is InChI=1S/C13H14BrN3O2/c14-10-1-2-11(9(7-10)8-15)17-12(18)13(16)3-5-19-6-4-13/h1-2,7H,3-6,16H2,(H,17,18). The van der Waals surface area contributed by atoms with Gasteiger partial charge in [0.25, 0.3) is 0 Å². The predicted octanol–water partition coefficient (Wildman–Crippen LogP) is 1.77. The van der Waals surface area contributed by atoms with Crippen molar-refractivity contribution in [1.29, 1.82) is 5.26 Å². The van der Waals surface area contributed by atoms with E-state index in [2.05, 4.69) is 21.2 Å². The summed E-state index contributed by atoms with van der Waals surface area (Å²) in [7, 11) is 0. The highest BCUT2D eigenvalue weighted by Gasteiger charge is 2.36. The van der Waals surface area contributed by atoms with Crippen molar-refractivity contribution in [2.24, 2.45) is 5.73 Å². The van der Waals surface area contributed by atoms with Crippen molar-refractivity contribution in [2.45, 2.75) is 18.4 Å². The molecule has 0 radical (unpaired) electrons. The van der Waals surface area contributed by atoms with Crippen molar-refractivity contribution in [3.8, 4) is 6.07 Å². The van der Waals surface area contributed by atoms with Gasteiger partial charge >= 0.3 is 0 Å². The van der Waals surface area contributed by atoms with Gasteiger partial charge in [-0.25, -0.2) is 0 Å². The zero-order valence-corrected chi connectivity index (χ0v) is 11.9. The quantitative estimate of drug-likeness (QED) is 0.868. The maximum Gasteiger partial charge on any atom is 0.244 e. The van der Waals surface area contributed by atoms with Crippen LogP contribution in [0, 0.1) is 11.3 Å². The number of rotatable bonds is 2. The van der Waals surface area contributed by atoms with Gasteiger partial charge in [0.2, 0.25) is 5.91 Å². The van der Waals surface area contributed by atoms with Crippen LogP contribution in [-0.2, 0) is 9.53 Å². The molecule has 2 rings (SSSR count). The molecule has 0 bridgehead atoms. The lowest BCUT2D eigenvalue weighted by atomic mass is 9.90. The summed E-state index contributed by atoms with van der Waals surface area (Å²) < 4.78 is 5.99. The van der Waals surface area contributed by atoms with Crippen LogP contribution in [0.5, 0.6) is 0 Å². The van der Waals surface area contributed by atoms with E-state index in [0.29, 0.717) is 37.3 Å². The van der Waals surface area contributed by atoms with Gasteiger partial charge in [-0.2, -0.15) is 5.26 Å². The number of anilines is 1. The molecule has 0 atom stereocenters. The van der Waals surface area contributed by atoms with E-state index < -0.39 is 5.54 Å². The summed E-state index contributed by atoms with van der Waals surface area (Å²) in [5.74, 6) is -0.269. The Morgan fingerprint density at radius 3 is 2.79 bits per heavy atom. The molecule has 100 valence electrons. The summed E-state index contributed by atoms with van der Waals surface area (Å²) in [5, 5.41) is 11.8. The normalized spacial score (nSPS) is 17.5. The van der Waals surface area contributed by atoms with E-state index in [1.165, 1.54) is 0 Å². The number of halogens is 1. The number of carbonyl (C=O) groups excluding carboxylic acids is 1. The van der Waals surface area contributed by atoms with E-state index in [0.717, 1.165) is 4.47 Å². The SMILES string of the molecule is N#Cc1cc(Br)ccc1NC(=O)C1(N)CCOCC1. The molecule has 0 saturated carbocycles. The lowest BCUT2D eigenvalue weighted by Gasteiger charge is -2.31. The Bertz CT molecular complexity index is 533. The van der Waals surface area contributed by atoms with E-state index in [1.807, 2.05) is 6.07 Å². The Morgan fingerprint density at radius 1 is 1.47 bits per heavy atom. The van der Waals surface area contributed by atoms with E-state index in [1.54, 1.807) is 18.2 Å². The maximum absolute atomic E-state index is 12.2. The molecule has 1 amide bonds. The van der Waals surface area contributed by atoms with Crippen LogP contribution in [0.25, 0.3) is 0 Å². The number of amides is 1. The van der Waals surface area contributed by atoms with Gasteiger partial charge < -0.3 is 15.8 Å². The molecule has 1 aliphatic heterocycles. The Hall–Kier alpha value is -1.42. The number of benzene rings is 1. The van der Waals surface area contributed by atoms with Crippen LogP contribution in [0.4, 0.5) is 5.69 Å². The summed E-state index contributed by atoms with van der Waals surface area (Å²) in [6.07, 6.45) is 0.967. The summed E-state index contributed by atoms with van der Waals surface area (Å²) in [6.45, 7) is 0.963. The number of nitrogens with zero attached hydrogens (tertiary/aromatic N) is 1. The molecular formula is C13H14BrN3O2. The molecule has 1 heterocycles. The minimum atomic E-state index is -0.919. The zero-order chi connectivity index (χ0) is 13.9. The highest BCUT2D eigenvalue weighted by atomic mass is 79.9. The van der Waals surface area contributed by atoms with Gasteiger partial charge in [0, 0.05) is 17.7 Å². The third-order valence-corrected chi connectivity index (χ3v) is 3.68. The highest BCUT2D eigenvalue weighted by molar-refractivity contribution is 9.10. The fraction of sp³-hybridized carbons (Fsp3) is 0.385. The first-order valence-corrected chi connectivity index (χ1v) is 6.72.